The molecule has 2 aromatic rings. The fraction of sp³-hybridized carbons (Fsp3) is 0.333. The zero-order valence-corrected chi connectivity index (χ0v) is 18.1. The second kappa shape index (κ2) is 11.4. The minimum atomic E-state index is -0.662. The predicted octanol–water partition coefficient (Wildman–Crippen LogP) is 2.74. The van der Waals surface area contributed by atoms with Gasteiger partial charge in [0.05, 0.1) is 39.0 Å². The van der Waals surface area contributed by atoms with Gasteiger partial charge in [0, 0.05) is 18.6 Å². The molecule has 0 saturated heterocycles. The lowest BCUT2D eigenvalue weighted by molar-refractivity contribution is -0.384. The monoisotopic (exact) mass is 448 g/mol. The topological polar surface area (TPSA) is 135 Å². The highest BCUT2D eigenvalue weighted by atomic mass is 16.6. The van der Waals surface area contributed by atoms with Crippen molar-refractivity contribution in [2.75, 3.05) is 40.4 Å². The number of carbonyl (C=O) groups is 2. The highest BCUT2D eigenvalue weighted by molar-refractivity contribution is 5.94. The molecule has 2 aromatic carbocycles. The maximum atomic E-state index is 12.1. The number of hydrogen-bond donors (Lipinski definition) is 1. The molecular weight excluding hydrogens is 424 g/mol. The summed E-state index contributed by atoms with van der Waals surface area (Å²) in [5.41, 5.74) is 0.630. The van der Waals surface area contributed by atoms with E-state index >= 15 is 0 Å². The number of non-ortho nitro benzene ring substituents is 1. The first-order chi connectivity index (χ1) is 15.3. The Morgan fingerprint density at radius 2 is 1.56 bits per heavy atom. The van der Waals surface area contributed by atoms with Gasteiger partial charge in [-0.15, -0.1) is 0 Å². The number of nitro groups is 1. The molecule has 0 aliphatic rings. The molecule has 0 unspecified atom stereocenters. The number of methoxy groups -OCH3 is 4. The molecule has 0 heterocycles. The molecule has 1 N–H and O–H groups in total. The Morgan fingerprint density at radius 3 is 2.09 bits per heavy atom. The summed E-state index contributed by atoms with van der Waals surface area (Å²) in [4.78, 5) is 34.5. The summed E-state index contributed by atoms with van der Waals surface area (Å²) < 4.78 is 25.9. The number of esters is 1. The Hall–Kier alpha value is -4.02. The molecule has 1 amide bonds. The molecule has 0 saturated carbocycles. The van der Waals surface area contributed by atoms with Gasteiger partial charge in [0.25, 0.3) is 11.6 Å². The Labute approximate surface area is 184 Å². The highest BCUT2D eigenvalue weighted by Gasteiger charge is 2.16. The van der Waals surface area contributed by atoms with E-state index in [1.54, 1.807) is 12.1 Å². The van der Waals surface area contributed by atoms with E-state index in [0.717, 1.165) is 11.6 Å². The van der Waals surface area contributed by atoms with Crippen LogP contribution in [-0.2, 0) is 20.7 Å². The lowest BCUT2D eigenvalue weighted by atomic mass is 10.1. The number of ether oxygens (including phenoxy) is 5. The number of hydrogen-bond acceptors (Lipinski definition) is 9. The van der Waals surface area contributed by atoms with Crippen molar-refractivity contribution in [1.29, 1.82) is 0 Å². The van der Waals surface area contributed by atoms with Gasteiger partial charge < -0.3 is 29.0 Å². The summed E-state index contributed by atoms with van der Waals surface area (Å²) in [5, 5.41) is 13.4. The van der Waals surface area contributed by atoms with Crippen molar-refractivity contribution in [3.05, 3.63) is 46.0 Å². The van der Waals surface area contributed by atoms with Crippen LogP contribution in [-0.4, -0.2) is 51.8 Å². The first-order valence-corrected chi connectivity index (χ1v) is 9.39. The van der Waals surface area contributed by atoms with Crippen molar-refractivity contribution in [2.45, 2.75) is 12.8 Å². The quantitative estimate of drug-likeness (QED) is 0.313. The lowest BCUT2D eigenvalue weighted by Crippen LogP contribution is -2.21. The van der Waals surface area contributed by atoms with Crippen molar-refractivity contribution >= 4 is 23.3 Å². The van der Waals surface area contributed by atoms with Gasteiger partial charge >= 0.3 is 5.97 Å². The average Bonchev–Trinajstić information content (AvgIpc) is 2.80. The number of nitrogens with zero attached hydrogens (tertiary/aromatic N) is 1. The second-order valence-corrected chi connectivity index (χ2v) is 6.38. The van der Waals surface area contributed by atoms with Crippen LogP contribution in [0.25, 0.3) is 0 Å². The summed E-state index contributed by atoms with van der Waals surface area (Å²) in [6.07, 6.45) is 0.321. The third-order valence-electron chi connectivity index (χ3n) is 4.37. The van der Waals surface area contributed by atoms with E-state index < -0.39 is 23.4 Å². The SMILES string of the molecule is COc1ccc([N+](=O)[O-])cc1NC(=O)COC(=O)CCc1cc(OC)c(OC)c(OC)c1. The minimum absolute atomic E-state index is 0.00600. The van der Waals surface area contributed by atoms with E-state index in [1.165, 1.54) is 40.6 Å². The summed E-state index contributed by atoms with van der Waals surface area (Å²) >= 11 is 0. The van der Waals surface area contributed by atoms with E-state index in [2.05, 4.69) is 5.32 Å². The van der Waals surface area contributed by atoms with Crippen LogP contribution in [0.3, 0.4) is 0 Å². The number of rotatable bonds is 11. The van der Waals surface area contributed by atoms with Gasteiger partial charge in [0.15, 0.2) is 18.1 Å². The van der Waals surface area contributed by atoms with Crippen molar-refractivity contribution in [1.82, 2.24) is 0 Å². The van der Waals surface area contributed by atoms with Crippen LogP contribution in [0, 0.1) is 10.1 Å². The van der Waals surface area contributed by atoms with Crippen LogP contribution in [0.4, 0.5) is 11.4 Å². The third kappa shape index (κ3) is 6.24. The maximum Gasteiger partial charge on any atom is 0.306 e. The number of benzene rings is 2. The van der Waals surface area contributed by atoms with Crippen LogP contribution in [0.5, 0.6) is 23.0 Å². The van der Waals surface area contributed by atoms with Crippen LogP contribution in [0.1, 0.15) is 12.0 Å². The molecule has 172 valence electrons. The van der Waals surface area contributed by atoms with Crippen molar-refractivity contribution < 1.29 is 38.2 Å². The normalized spacial score (nSPS) is 10.1. The molecule has 11 nitrogen and oxygen atoms in total. The van der Waals surface area contributed by atoms with Crippen molar-refractivity contribution in [2.24, 2.45) is 0 Å². The van der Waals surface area contributed by atoms with Gasteiger partial charge in [0.1, 0.15) is 5.75 Å². The van der Waals surface area contributed by atoms with Crippen LogP contribution >= 0.6 is 0 Å². The largest absolute Gasteiger partial charge is 0.495 e. The van der Waals surface area contributed by atoms with Crippen LogP contribution < -0.4 is 24.3 Å². The number of nitrogens with one attached hydrogen (secondary N) is 1. The van der Waals surface area contributed by atoms with Crippen LogP contribution in [0.2, 0.25) is 0 Å². The third-order valence-corrected chi connectivity index (χ3v) is 4.37. The number of nitro benzene ring substituents is 1. The minimum Gasteiger partial charge on any atom is -0.495 e. The fourth-order valence-corrected chi connectivity index (χ4v) is 2.84. The Bertz CT molecular complexity index is 966. The zero-order chi connectivity index (χ0) is 23.7. The maximum absolute atomic E-state index is 12.1. The zero-order valence-electron chi connectivity index (χ0n) is 18.1. The first-order valence-electron chi connectivity index (χ1n) is 9.39. The molecular formula is C21H24N2O9. The highest BCUT2D eigenvalue weighted by Crippen LogP contribution is 2.38. The molecule has 0 fully saturated rings. The van der Waals surface area contributed by atoms with Gasteiger partial charge in [-0.05, 0) is 30.2 Å². The molecule has 0 aromatic heterocycles. The molecule has 2 rings (SSSR count). The Kier molecular flexibility index (Phi) is 8.63. The van der Waals surface area contributed by atoms with Crippen molar-refractivity contribution in [3.63, 3.8) is 0 Å². The van der Waals surface area contributed by atoms with E-state index in [1.807, 2.05) is 0 Å². The summed E-state index contributed by atoms with van der Waals surface area (Å²) in [6, 6.07) is 7.20. The van der Waals surface area contributed by atoms with Gasteiger partial charge in [-0.2, -0.15) is 0 Å². The van der Waals surface area contributed by atoms with Gasteiger partial charge in [-0.3, -0.25) is 19.7 Å². The second-order valence-electron chi connectivity index (χ2n) is 6.38. The number of anilines is 1. The molecule has 0 aliphatic heterocycles. The summed E-state index contributed by atoms with van der Waals surface area (Å²) in [7, 11) is 5.83. The Balaban J connectivity index is 1.93. The van der Waals surface area contributed by atoms with Gasteiger partial charge in [-0.25, -0.2) is 0 Å². The number of amides is 1. The van der Waals surface area contributed by atoms with Gasteiger partial charge in [0.2, 0.25) is 5.75 Å². The van der Waals surface area contributed by atoms with E-state index in [-0.39, 0.29) is 23.5 Å². The summed E-state index contributed by atoms with van der Waals surface area (Å²) in [6.45, 7) is -0.556. The average molecular weight is 448 g/mol. The molecule has 0 aliphatic carbocycles. The first kappa shape index (κ1) is 24.3. The molecule has 32 heavy (non-hydrogen) atoms. The number of aryl methyl sites for hydroxylation is 1. The summed E-state index contributed by atoms with van der Waals surface area (Å²) in [5.74, 6) is 0.332. The molecule has 0 bridgehead atoms. The van der Waals surface area contributed by atoms with E-state index in [9.17, 15) is 19.7 Å². The predicted molar refractivity (Wildman–Crippen MR) is 114 cm³/mol. The van der Waals surface area contributed by atoms with Crippen molar-refractivity contribution in [3.8, 4) is 23.0 Å². The fourth-order valence-electron chi connectivity index (χ4n) is 2.84. The van der Waals surface area contributed by atoms with Crippen LogP contribution in [0.15, 0.2) is 30.3 Å². The standard InChI is InChI=1S/C21H24N2O9/c1-28-16-7-6-14(23(26)27)11-15(16)22-19(24)12-32-20(25)8-5-13-9-17(29-2)21(31-4)18(10-13)30-3/h6-7,9-11H,5,8,12H2,1-4H3,(H,22,24). The molecule has 0 atom stereocenters. The Morgan fingerprint density at radius 1 is 0.938 bits per heavy atom. The lowest BCUT2D eigenvalue weighted by Gasteiger charge is -2.14. The molecule has 0 radical (unpaired) electrons. The molecule has 0 spiro atoms. The smallest absolute Gasteiger partial charge is 0.306 e. The van der Waals surface area contributed by atoms with E-state index in [0.29, 0.717) is 23.7 Å². The van der Waals surface area contributed by atoms with E-state index in [4.69, 9.17) is 23.7 Å². The molecule has 11 heteroatoms. The number of carbonyl (C=O) groups excluding carboxylic acids is 2. The van der Waals surface area contributed by atoms with Gasteiger partial charge in [-0.1, -0.05) is 0 Å².